The summed E-state index contributed by atoms with van der Waals surface area (Å²) >= 11 is 13.3. The fourth-order valence-corrected chi connectivity index (χ4v) is 5.50. The van der Waals surface area contributed by atoms with Gasteiger partial charge in [-0.25, -0.2) is 8.42 Å². The van der Waals surface area contributed by atoms with Gasteiger partial charge in [-0.3, -0.25) is 14.4 Å². The smallest absolute Gasteiger partial charge is 0.250 e. The number of hydrogen-bond acceptors (Lipinski definition) is 7. The number of nitrogens with zero attached hydrogens (tertiary/aromatic N) is 3. The van der Waals surface area contributed by atoms with E-state index in [9.17, 15) is 13.2 Å². The third-order valence-electron chi connectivity index (χ3n) is 4.42. The Kier molecular flexibility index (Phi) is 7.60. The largest absolute Gasteiger partial charge is 0.497 e. The Balaban J connectivity index is 1.86. The molecular weight excluding hydrogens is 495 g/mol. The Labute approximate surface area is 200 Å². The van der Waals surface area contributed by atoms with E-state index in [2.05, 4.69) is 15.5 Å². The molecule has 0 fully saturated rings. The van der Waals surface area contributed by atoms with Crippen molar-refractivity contribution in [3.63, 3.8) is 0 Å². The van der Waals surface area contributed by atoms with Crippen molar-refractivity contribution in [3.8, 4) is 16.3 Å². The van der Waals surface area contributed by atoms with Gasteiger partial charge in [0.15, 0.2) is 0 Å². The predicted molar refractivity (Wildman–Crippen MR) is 128 cm³/mol. The van der Waals surface area contributed by atoms with Crippen LogP contribution in [0.25, 0.3) is 10.6 Å². The number of carbonyl (C=O) groups excluding carboxylic acids is 1. The van der Waals surface area contributed by atoms with E-state index >= 15 is 0 Å². The Morgan fingerprint density at radius 1 is 1.16 bits per heavy atom. The molecule has 0 aliphatic heterocycles. The second-order valence-corrected chi connectivity index (χ2v) is 10.5. The summed E-state index contributed by atoms with van der Waals surface area (Å²) in [7, 11) is -2.26. The second-order valence-electron chi connectivity index (χ2n) is 6.74. The summed E-state index contributed by atoms with van der Waals surface area (Å²) in [5, 5.41) is 12.1. The molecule has 0 saturated heterocycles. The van der Waals surface area contributed by atoms with Gasteiger partial charge in [0.25, 0.3) is 0 Å². The number of hydrogen-bond donors (Lipinski definition) is 1. The Morgan fingerprint density at radius 3 is 2.31 bits per heavy atom. The summed E-state index contributed by atoms with van der Waals surface area (Å²) in [5.41, 5.74) is 1.00. The molecule has 1 amide bonds. The average molecular weight is 515 g/mol. The van der Waals surface area contributed by atoms with Crippen molar-refractivity contribution >= 4 is 61.3 Å². The maximum absolute atomic E-state index is 13.0. The van der Waals surface area contributed by atoms with Gasteiger partial charge in [-0.05, 0) is 48.9 Å². The number of rotatable bonds is 8. The molecule has 1 aromatic heterocycles. The molecule has 170 valence electrons. The summed E-state index contributed by atoms with van der Waals surface area (Å²) in [4.78, 5) is 13.0. The number of sulfonamides is 1. The molecule has 0 spiro atoms. The van der Waals surface area contributed by atoms with Crippen molar-refractivity contribution in [2.24, 2.45) is 0 Å². The van der Waals surface area contributed by atoms with Gasteiger partial charge in [0.2, 0.25) is 21.1 Å². The standard InChI is InChI=1S/C20H20Cl2N4O4S2/c1-4-17(26(32(3,28)29)15-10-13(21)9-14(22)11-15)18(27)23-20-25-24-19(31-20)12-5-7-16(30-2)8-6-12/h5-11,17H,4H2,1-3H3,(H,23,25,27)/t17-/m1/s1. The predicted octanol–water partition coefficient (Wildman–Crippen LogP) is 4.70. The van der Waals surface area contributed by atoms with Crippen LogP contribution in [-0.4, -0.2) is 43.9 Å². The molecule has 32 heavy (non-hydrogen) atoms. The van der Waals surface area contributed by atoms with E-state index < -0.39 is 22.0 Å². The van der Waals surface area contributed by atoms with Gasteiger partial charge in [0, 0.05) is 15.6 Å². The SMILES string of the molecule is CC[C@H](C(=O)Nc1nnc(-c2ccc(OC)cc2)s1)N(c1cc(Cl)cc(Cl)c1)S(C)(=O)=O. The van der Waals surface area contributed by atoms with Crippen molar-refractivity contribution in [2.75, 3.05) is 23.0 Å². The zero-order chi connectivity index (χ0) is 23.5. The van der Waals surface area contributed by atoms with Gasteiger partial charge < -0.3 is 4.74 Å². The van der Waals surface area contributed by atoms with Crippen LogP contribution in [0.15, 0.2) is 42.5 Å². The monoisotopic (exact) mass is 514 g/mol. The van der Waals surface area contributed by atoms with Gasteiger partial charge in [-0.15, -0.1) is 10.2 Å². The summed E-state index contributed by atoms with van der Waals surface area (Å²) in [6.07, 6.45) is 1.22. The van der Waals surface area contributed by atoms with Gasteiger partial charge >= 0.3 is 0 Å². The minimum Gasteiger partial charge on any atom is -0.497 e. The van der Waals surface area contributed by atoms with E-state index in [1.807, 2.05) is 12.1 Å². The van der Waals surface area contributed by atoms with Crippen LogP contribution in [0.3, 0.4) is 0 Å². The number of halogens is 2. The normalized spacial score (nSPS) is 12.3. The summed E-state index contributed by atoms with van der Waals surface area (Å²) < 4.78 is 31.3. The van der Waals surface area contributed by atoms with Crippen LogP contribution < -0.4 is 14.4 Å². The molecule has 3 aromatic rings. The van der Waals surface area contributed by atoms with Crippen molar-refractivity contribution in [1.29, 1.82) is 0 Å². The van der Waals surface area contributed by atoms with Crippen LogP contribution in [0.2, 0.25) is 10.0 Å². The number of aromatic nitrogens is 2. The lowest BCUT2D eigenvalue weighted by molar-refractivity contribution is -0.117. The lowest BCUT2D eigenvalue weighted by Crippen LogP contribution is -2.47. The van der Waals surface area contributed by atoms with E-state index in [1.54, 1.807) is 26.2 Å². The number of benzene rings is 2. The number of nitrogens with one attached hydrogen (secondary N) is 1. The zero-order valence-electron chi connectivity index (χ0n) is 17.4. The number of ether oxygens (including phenoxy) is 1. The van der Waals surface area contributed by atoms with Crippen LogP contribution in [0.1, 0.15) is 13.3 Å². The van der Waals surface area contributed by atoms with E-state index in [0.717, 1.165) is 16.1 Å². The van der Waals surface area contributed by atoms with Crippen molar-refractivity contribution in [1.82, 2.24) is 10.2 Å². The highest BCUT2D eigenvalue weighted by Gasteiger charge is 2.32. The Morgan fingerprint density at radius 2 is 1.78 bits per heavy atom. The fraction of sp³-hybridized carbons (Fsp3) is 0.250. The molecule has 0 bridgehead atoms. The molecule has 1 heterocycles. The second kappa shape index (κ2) is 10.0. The fourth-order valence-electron chi connectivity index (χ4n) is 3.04. The molecule has 1 N–H and O–H groups in total. The van der Waals surface area contributed by atoms with Gasteiger partial charge in [0.1, 0.15) is 16.8 Å². The lowest BCUT2D eigenvalue weighted by atomic mass is 10.2. The third-order valence-corrected chi connectivity index (χ3v) is 6.93. The summed E-state index contributed by atoms with van der Waals surface area (Å²) in [5.74, 6) is 0.158. The molecule has 0 aliphatic carbocycles. The van der Waals surface area contributed by atoms with E-state index in [4.69, 9.17) is 27.9 Å². The van der Waals surface area contributed by atoms with Gasteiger partial charge in [0.05, 0.1) is 19.1 Å². The number of carbonyl (C=O) groups is 1. The molecule has 0 unspecified atom stereocenters. The Hall–Kier alpha value is -2.40. The lowest BCUT2D eigenvalue weighted by Gasteiger charge is -2.30. The van der Waals surface area contributed by atoms with E-state index in [0.29, 0.717) is 10.8 Å². The first kappa shape index (κ1) is 24.2. The maximum Gasteiger partial charge on any atom is 0.250 e. The van der Waals surface area contributed by atoms with Crippen molar-refractivity contribution in [3.05, 3.63) is 52.5 Å². The first-order chi connectivity index (χ1) is 15.1. The first-order valence-corrected chi connectivity index (χ1v) is 12.8. The van der Waals surface area contributed by atoms with Crippen molar-refractivity contribution < 1.29 is 17.9 Å². The average Bonchev–Trinajstić information content (AvgIpc) is 3.18. The highest BCUT2D eigenvalue weighted by Crippen LogP contribution is 2.31. The molecule has 0 radical (unpaired) electrons. The van der Waals surface area contributed by atoms with Crippen LogP contribution in [0.5, 0.6) is 5.75 Å². The number of methoxy groups -OCH3 is 1. The topological polar surface area (TPSA) is 101 Å². The molecular formula is C20H20Cl2N4O4S2. The minimum absolute atomic E-state index is 0.197. The molecule has 0 aliphatic rings. The summed E-state index contributed by atoms with van der Waals surface area (Å²) in [6, 6.07) is 10.6. The van der Waals surface area contributed by atoms with Crippen LogP contribution >= 0.6 is 34.5 Å². The van der Waals surface area contributed by atoms with Crippen LogP contribution in [0.4, 0.5) is 10.8 Å². The molecule has 2 aromatic carbocycles. The van der Waals surface area contributed by atoms with E-state index in [-0.39, 0.29) is 27.3 Å². The first-order valence-electron chi connectivity index (χ1n) is 9.36. The van der Waals surface area contributed by atoms with Gasteiger partial charge in [-0.1, -0.05) is 41.5 Å². The van der Waals surface area contributed by atoms with Crippen LogP contribution in [-0.2, 0) is 14.8 Å². The molecule has 12 heteroatoms. The quantitative estimate of drug-likeness (QED) is 0.467. The van der Waals surface area contributed by atoms with Gasteiger partial charge in [-0.2, -0.15) is 0 Å². The third kappa shape index (κ3) is 5.69. The Bertz CT molecular complexity index is 1200. The number of amides is 1. The molecule has 3 rings (SSSR count). The highest BCUT2D eigenvalue weighted by atomic mass is 35.5. The molecule has 1 atom stereocenters. The minimum atomic E-state index is -3.83. The number of anilines is 2. The molecule has 0 saturated carbocycles. The van der Waals surface area contributed by atoms with E-state index in [1.165, 1.54) is 29.5 Å². The zero-order valence-corrected chi connectivity index (χ0v) is 20.5. The summed E-state index contributed by atoms with van der Waals surface area (Å²) in [6.45, 7) is 1.71. The molecule has 8 nitrogen and oxygen atoms in total. The maximum atomic E-state index is 13.0. The van der Waals surface area contributed by atoms with Crippen molar-refractivity contribution in [2.45, 2.75) is 19.4 Å². The highest BCUT2D eigenvalue weighted by molar-refractivity contribution is 7.92. The van der Waals surface area contributed by atoms with Crippen LogP contribution in [0, 0.1) is 0 Å².